The van der Waals surface area contributed by atoms with E-state index in [9.17, 15) is 5.11 Å². The van der Waals surface area contributed by atoms with Crippen LogP contribution < -0.4 is 10.6 Å². The van der Waals surface area contributed by atoms with Gasteiger partial charge in [0.25, 0.3) is 0 Å². The average molecular weight is 313 g/mol. The highest BCUT2D eigenvalue weighted by molar-refractivity contribution is 5.41. The molecule has 0 bridgehead atoms. The summed E-state index contributed by atoms with van der Waals surface area (Å²) in [4.78, 5) is 13.2. The molecule has 1 saturated heterocycles. The van der Waals surface area contributed by atoms with Crippen molar-refractivity contribution in [2.24, 2.45) is 0 Å². The molecule has 1 fully saturated rings. The quantitative estimate of drug-likeness (QED) is 0.810. The predicted molar refractivity (Wildman–Crippen MR) is 91.1 cm³/mol. The zero-order chi connectivity index (χ0) is 16.1. The zero-order valence-corrected chi connectivity index (χ0v) is 13.2. The summed E-state index contributed by atoms with van der Waals surface area (Å²) in [5.41, 5.74) is 7.35. The summed E-state index contributed by atoms with van der Waals surface area (Å²) in [6.45, 7) is 4.63. The van der Waals surface area contributed by atoms with Gasteiger partial charge in [0.2, 0.25) is 5.95 Å². The van der Waals surface area contributed by atoms with Crippen molar-refractivity contribution in [3.63, 3.8) is 0 Å². The van der Waals surface area contributed by atoms with Crippen molar-refractivity contribution in [2.75, 3.05) is 43.4 Å². The Hall–Kier alpha value is -2.18. The number of piperazine rings is 1. The van der Waals surface area contributed by atoms with Crippen molar-refractivity contribution in [1.29, 1.82) is 0 Å². The van der Waals surface area contributed by atoms with Gasteiger partial charge in [-0.25, -0.2) is 9.97 Å². The van der Waals surface area contributed by atoms with Crippen LogP contribution in [-0.2, 0) is 0 Å². The Morgan fingerprint density at radius 3 is 2.52 bits per heavy atom. The number of aliphatic hydroxyl groups excluding tert-OH is 1. The van der Waals surface area contributed by atoms with Crippen molar-refractivity contribution >= 4 is 11.6 Å². The van der Waals surface area contributed by atoms with E-state index < -0.39 is 6.10 Å². The van der Waals surface area contributed by atoms with Crippen LogP contribution in [-0.4, -0.2) is 52.7 Å². The maximum absolute atomic E-state index is 10.3. The molecule has 3 N–H and O–H groups in total. The van der Waals surface area contributed by atoms with Gasteiger partial charge in [0.1, 0.15) is 0 Å². The second kappa shape index (κ2) is 7.39. The smallest absolute Gasteiger partial charge is 0.225 e. The van der Waals surface area contributed by atoms with Gasteiger partial charge in [0.15, 0.2) is 0 Å². The van der Waals surface area contributed by atoms with Crippen LogP contribution in [0.4, 0.5) is 11.6 Å². The number of nitrogens with two attached hydrogens (primary N) is 1. The van der Waals surface area contributed by atoms with E-state index in [1.54, 1.807) is 12.4 Å². The number of aromatic nitrogens is 2. The topological polar surface area (TPSA) is 78.5 Å². The number of nitrogen functional groups attached to an aromatic ring is 1. The van der Waals surface area contributed by atoms with Crippen LogP contribution in [0.5, 0.6) is 0 Å². The summed E-state index contributed by atoms with van der Waals surface area (Å²) in [6, 6.07) is 9.31. The fraction of sp³-hybridized carbons (Fsp3) is 0.412. The maximum atomic E-state index is 10.3. The highest BCUT2D eigenvalue weighted by Gasteiger charge is 2.19. The second-order valence-corrected chi connectivity index (χ2v) is 5.85. The summed E-state index contributed by atoms with van der Waals surface area (Å²) in [6.07, 6.45) is 3.80. The first-order chi connectivity index (χ1) is 11.2. The van der Waals surface area contributed by atoms with E-state index in [0.29, 0.717) is 12.1 Å². The number of anilines is 2. The first kappa shape index (κ1) is 15.7. The molecule has 122 valence electrons. The Morgan fingerprint density at radius 1 is 1.09 bits per heavy atom. The van der Waals surface area contributed by atoms with Gasteiger partial charge < -0.3 is 15.7 Å². The SMILES string of the molecule is Nc1cccc(C(O)CCN2CCN(c3ncccn3)CC2)c1. The van der Waals surface area contributed by atoms with E-state index in [-0.39, 0.29) is 0 Å². The lowest BCUT2D eigenvalue weighted by Crippen LogP contribution is -2.47. The molecule has 1 unspecified atom stereocenters. The van der Waals surface area contributed by atoms with Gasteiger partial charge >= 0.3 is 0 Å². The van der Waals surface area contributed by atoms with Crippen LogP contribution in [0.25, 0.3) is 0 Å². The van der Waals surface area contributed by atoms with Crippen LogP contribution in [0, 0.1) is 0 Å². The molecule has 2 aromatic rings. The lowest BCUT2D eigenvalue weighted by molar-refractivity contribution is 0.139. The molecule has 0 radical (unpaired) electrons. The maximum Gasteiger partial charge on any atom is 0.225 e. The highest BCUT2D eigenvalue weighted by atomic mass is 16.3. The fourth-order valence-electron chi connectivity index (χ4n) is 2.86. The van der Waals surface area contributed by atoms with Gasteiger partial charge in [-0.05, 0) is 30.2 Å². The number of nitrogens with zero attached hydrogens (tertiary/aromatic N) is 4. The Kier molecular flexibility index (Phi) is 5.05. The first-order valence-corrected chi connectivity index (χ1v) is 8.00. The average Bonchev–Trinajstić information content (AvgIpc) is 2.61. The van der Waals surface area contributed by atoms with Crippen LogP contribution in [0.2, 0.25) is 0 Å². The van der Waals surface area contributed by atoms with Crippen molar-refractivity contribution < 1.29 is 5.11 Å². The molecule has 3 rings (SSSR count). The van der Waals surface area contributed by atoms with E-state index in [2.05, 4.69) is 19.8 Å². The minimum Gasteiger partial charge on any atom is -0.399 e. The molecule has 1 atom stereocenters. The molecule has 6 heteroatoms. The normalized spacial score (nSPS) is 17.2. The van der Waals surface area contributed by atoms with E-state index in [1.165, 1.54) is 0 Å². The Morgan fingerprint density at radius 2 is 1.83 bits per heavy atom. The molecule has 1 aliphatic rings. The molecule has 0 saturated carbocycles. The van der Waals surface area contributed by atoms with Crippen molar-refractivity contribution in [1.82, 2.24) is 14.9 Å². The van der Waals surface area contributed by atoms with E-state index in [1.807, 2.05) is 30.3 Å². The molecule has 1 aromatic carbocycles. The van der Waals surface area contributed by atoms with Gasteiger partial charge in [0.05, 0.1) is 6.10 Å². The van der Waals surface area contributed by atoms with Crippen molar-refractivity contribution in [3.8, 4) is 0 Å². The van der Waals surface area contributed by atoms with Gasteiger partial charge in [-0.2, -0.15) is 0 Å². The molecule has 2 heterocycles. The van der Waals surface area contributed by atoms with Crippen LogP contribution >= 0.6 is 0 Å². The monoisotopic (exact) mass is 313 g/mol. The molecule has 23 heavy (non-hydrogen) atoms. The van der Waals surface area contributed by atoms with E-state index in [0.717, 1.165) is 44.2 Å². The lowest BCUT2D eigenvalue weighted by atomic mass is 10.1. The fourth-order valence-corrected chi connectivity index (χ4v) is 2.86. The lowest BCUT2D eigenvalue weighted by Gasteiger charge is -2.35. The molecule has 0 spiro atoms. The number of rotatable bonds is 5. The van der Waals surface area contributed by atoms with Gasteiger partial charge in [-0.15, -0.1) is 0 Å². The highest BCUT2D eigenvalue weighted by Crippen LogP contribution is 2.19. The zero-order valence-electron chi connectivity index (χ0n) is 13.2. The first-order valence-electron chi connectivity index (χ1n) is 8.00. The summed E-state index contributed by atoms with van der Waals surface area (Å²) in [5.74, 6) is 0.798. The largest absolute Gasteiger partial charge is 0.399 e. The third-order valence-corrected chi connectivity index (χ3v) is 4.22. The van der Waals surface area contributed by atoms with Gasteiger partial charge in [-0.1, -0.05) is 12.1 Å². The number of aliphatic hydroxyl groups is 1. The predicted octanol–water partition coefficient (Wildman–Crippen LogP) is 1.30. The number of benzene rings is 1. The Balaban J connectivity index is 1.46. The van der Waals surface area contributed by atoms with Crippen LogP contribution in [0.3, 0.4) is 0 Å². The third kappa shape index (κ3) is 4.18. The third-order valence-electron chi connectivity index (χ3n) is 4.22. The molecular formula is C17H23N5O. The molecule has 1 aromatic heterocycles. The summed E-state index contributed by atoms with van der Waals surface area (Å²) < 4.78 is 0. The standard InChI is InChI=1S/C17H23N5O/c18-15-4-1-3-14(13-15)16(23)5-8-21-9-11-22(12-10-21)17-19-6-2-7-20-17/h1-4,6-7,13,16,23H,5,8-12,18H2. The summed E-state index contributed by atoms with van der Waals surface area (Å²) >= 11 is 0. The van der Waals surface area contributed by atoms with Gasteiger partial charge in [0, 0.05) is 50.8 Å². The van der Waals surface area contributed by atoms with Crippen molar-refractivity contribution in [3.05, 3.63) is 48.3 Å². The summed E-state index contributed by atoms with van der Waals surface area (Å²) in [5, 5.41) is 10.3. The minimum absolute atomic E-state index is 0.464. The molecule has 0 amide bonds. The number of hydrogen-bond acceptors (Lipinski definition) is 6. The summed E-state index contributed by atoms with van der Waals surface area (Å²) in [7, 11) is 0. The van der Waals surface area contributed by atoms with Crippen LogP contribution in [0.15, 0.2) is 42.7 Å². The minimum atomic E-state index is -0.464. The Bertz CT molecular complexity index is 613. The van der Waals surface area contributed by atoms with Crippen molar-refractivity contribution in [2.45, 2.75) is 12.5 Å². The van der Waals surface area contributed by atoms with E-state index in [4.69, 9.17) is 5.73 Å². The van der Waals surface area contributed by atoms with E-state index >= 15 is 0 Å². The Labute approximate surface area is 136 Å². The molecular weight excluding hydrogens is 290 g/mol. The molecule has 1 aliphatic heterocycles. The second-order valence-electron chi connectivity index (χ2n) is 5.85. The van der Waals surface area contributed by atoms with Gasteiger partial charge in [-0.3, -0.25) is 4.90 Å². The van der Waals surface area contributed by atoms with Crippen LogP contribution in [0.1, 0.15) is 18.1 Å². The molecule has 0 aliphatic carbocycles. The number of hydrogen-bond donors (Lipinski definition) is 2. The molecule has 6 nitrogen and oxygen atoms in total.